The van der Waals surface area contributed by atoms with Crippen LogP contribution in [0.2, 0.25) is 0 Å². The van der Waals surface area contributed by atoms with Gasteiger partial charge in [0, 0.05) is 11.8 Å². The Labute approximate surface area is 122 Å². The third-order valence-corrected chi connectivity index (χ3v) is 2.56. The molecule has 0 saturated carbocycles. The van der Waals surface area contributed by atoms with Crippen molar-refractivity contribution in [3.8, 4) is 5.75 Å². The normalized spacial score (nSPS) is 11.0. The highest BCUT2D eigenvalue weighted by Crippen LogP contribution is 2.16. The third kappa shape index (κ3) is 4.47. The van der Waals surface area contributed by atoms with Crippen molar-refractivity contribution in [2.45, 2.75) is 19.6 Å². The maximum atomic E-state index is 12.2. The summed E-state index contributed by atoms with van der Waals surface area (Å²) in [6.07, 6.45) is -0.0572. The Hall–Kier alpha value is -2.58. The Bertz CT molecular complexity index is 628. The Morgan fingerprint density at radius 3 is 2.50 bits per heavy atom. The molecule has 1 aromatic heterocycles. The van der Waals surface area contributed by atoms with Gasteiger partial charge in [0.05, 0.1) is 11.9 Å². The first-order valence-electron chi connectivity index (χ1n) is 6.11. The fourth-order valence-electron chi connectivity index (χ4n) is 1.66. The van der Waals surface area contributed by atoms with E-state index in [0.717, 1.165) is 4.68 Å². The molecule has 0 aliphatic rings. The van der Waals surface area contributed by atoms with Gasteiger partial charge < -0.3 is 10.1 Å². The number of rotatable bonds is 6. The molecule has 0 spiro atoms. The summed E-state index contributed by atoms with van der Waals surface area (Å²) in [5, 5.41) is 6.12. The highest BCUT2D eigenvalue weighted by molar-refractivity contribution is 6.04. The lowest BCUT2D eigenvalue weighted by atomic mass is 10.2. The lowest BCUT2D eigenvalue weighted by molar-refractivity contribution is -0.0498. The van der Waals surface area contributed by atoms with Crippen LogP contribution in [-0.4, -0.2) is 28.7 Å². The summed E-state index contributed by atoms with van der Waals surface area (Å²) in [7, 11) is 0. The first kappa shape index (κ1) is 15.8. The molecule has 0 bridgehead atoms. The van der Waals surface area contributed by atoms with Crippen molar-refractivity contribution in [3.05, 3.63) is 42.2 Å². The van der Waals surface area contributed by atoms with Crippen molar-refractivity contribution in [2.75, 3.05) is 5.32 Å². The van der Waals surface area contributed by atoms with Gasteiger partial charge in [-0.3, -0.25) is 9.48 Å². The van der Waals surface area contributed by atoms with Gasteiger partial charge >= 0.3 is 6.61 Å². The van der Waals surface area contributed by atoms with Gasteiger partial charge in [-0.1, -0.05) is 0 Å². The highest BCUT2D eigenvalue weighted by atomic mass is 19.3. The van der Waals surface area contributed by atoms with E-state index >= 15 is 0 Å². The van der Waals surface area contributed by atoms with E-state index < -0.39 is 25.5 Å². The first-order valence-corrected chi connectivity index (χ1v) is 6.11. The fourth-order valence-corrected chi connectivity index (χ4v) is 1.66. The minimum Gasteiger partial charge on any atom is -0.435 e. The predicted molar refractivity (Wildman–Crippen MR) is 69.3 cm³/mol. The zero-order chi connectivity index (χ0) is 16.1. The molecule has 1 N–H and O–H groups in total. The molecule has 22 heavy (non-hydrogen) atoms. The number of carbonyl (C=O) groups is 1. The Balaban J connectivity index is 1.98. The zero-order valence-electron chi connectivity index (χ0n) is 11.0. The molecular formula is C13H11F4N3O2. The number of halogens is 4. The number of nitrogens with zero attached hydrogens (tertiary/aromatic N) is 2. The lowest BCUT2D eigenvalue weighted by Crippen LogP contribution is -2.11. The van der Waals surface area contributed by atoms with Crippen molar-refractivity contribution in [2.24, 2.45) is 0 Å². The van der Waals surface area contributed by atoms with E-state index in [1.54, 1.807) is 0 Å². The molecule has 0 radical (unpaired) electrons. The molecule has 0 aliphatic heterocycles. The molecule has 0 atom stereocenters. The molecule has 1 amide bonds. The molecule has 0 unspecified atom stereocenters. The number of hydrogen-bond acceptors (Lipinski definition) is 3. The van der Waals surface area contributed by atoms with Gasteiger partial charge in [0.15, 0.2) is 0 Å². The van der Waals surface area contributed by atoms with Crippen LogP contribution in [0.15, 0.2) is 36.7 Å². The maximum absolute atomic E-state index is 12.2. The molecule has 2 aromatic rings. The van der Waals surface area contributed by atoms with Crippen molar-refractivity contribution < 1.29 is 27.1 Å². The molecular weight excluding hydrogens is 306 g/mol. The number of ether oxygens (including phenoxy) is 1. The Morgan fingerprint density at radius 2 is 1.91 bits per heavy atom. The summed E-state index contributed by atoms with van der Waals surface area (Å²) in [4.78, 5) is 11.9. The van der Waals surface area contributed by atoms with Crippen LogP contribution >= 0.6 is 0 Å². The molecule has 118 valence electrons. The van der Waals surface area contributed by atoms with Crippen LogP contribution in [0.5, 0.6) is 5.75 Å². The van der Waals surface area contributed by atoms with Crippen LogP contribution < -0.4 is 10.1 Å². The number of nitrogens with one attached hydrogen (secondary N) is 1. The summed E-state index contributed by atoms with van der Waals surface area (Å²) in [5.41, 5.74) is 0.446. The minimum atomic E-state index is -2.94. The quantitative estimate of drug-likeness (QED) is 0.833. The average molecular weight is 317 g/mol. The highest BCUT2D eigenvalue weighted by Gasteiger charge is 2.10. The van der Waals surface area contributed by atoms with Crippen molar-refractivity contribution >= 4 is 11.6 Å². The Kier molecular flexibility index (Phi) is 4.97. The predicted octanol–water partition coefficient (Wildman–Crippen LogP) is 3.00. The second-order valence-electron chi connectivity index (χ2n) is 4.20. The summed E-state index contributed by atoms with van der Waals surface area (Å²) in [6, 6.07) is 5.05. The number of benzene rings is 1. The van der Waals surface area contributed by atoms with Gasteiger partial charge in [-0.2, -0.15) is 13.9 Å². The minimum absolute atomic E-state index is 0.0729. The van der Waals surface area contributed by atoms with Crippen LogP contribution in [0, 0.1) is 0 Å². The van der Waals surface area contributed by atoms with Gasteiger partial charge in [0.1, 0.15) is 12.3 Å². The second-order valence-corrected chi connectivity index (χ2v) is 4.20. The molecule has 0 aliphatic carbocycles. The number of hydrogen-bond donors (Lipinski definition) is 1. The molecule has 1 heterocycles. The summed E-state index contributed by atoms with van der Waals surface area (Å²) in [5.74, 6) is -0.600. The molecule has 5 nitrogen and oxygen atoms in total. The van der Waals surface area contributed by atoms with E-state index in [0.29, 0.717) is 0 Å². The largest absolute Gasteiger partial charge is 0.435 e. The van der Waals surface area contributed by atoms with E-state index in [9.17, 15) is 22.4 Å². The Morgan fingerprint density at radius 1 is 1.23 bits per heavy atom. The molecule has 2 rings (SSSR count). The lowest BCUT2D eigenvalue weighted by Gasteiger charge is -2.06. The maximum Gasteiger partial charge on any atom is 0.387 e. The van der Waals surface area contributed by atoms with E-state index in [1.165, 1.54) is 36.7 Å². The summed E-state index contributed by atoms with van der Waals surface area (Å²) < 4.78 is 53.5. The van der Waals surface area contributed by atoms with Crippen LogP contribution in [0.3, 0.4) is 0 Å². The smallest absolute Gasteiger partial charge is 0.387 e. The zero-order valence-corrected chi connectivity index (χ0v) is 11.0. The van der Waals surface area contributed by atoms with Gasteiger partial charge in [0.2, 0.25) is 0 Å². The van der Waals surface area contributed by atoms with Gasteiger partial charge in [-0.05, 0) is 24.3 Å². The number of amides is 1. The van der Waals surface area contributed by atoms with Crippen LogP contribution in [0.4, 0.5) is 23.2 Å². The van der Waals surface area contributed by atoms with Crippen molar-refractivity contribution in [3.63, 3.8) is 0 Å². The molecule has 0 saturated heterocycles. The van der Waals surface area contributed by atoms with Crippen molar-refractivity contribution in [1.82, 2.24) is 9.78 Å². The van der Waals surface area contributed by atoms with Crippen LogP contribution in [0.1, 0.15) is 10.4 Å². The SMILES string of the molecule is O=C(Nc1cnn(CC(F)F)c1)c1ccc(OC(F)F)cc1. The number of anilines is 1. The van der Waals surface area contributed by atoms with E-state index in [4.69, 9.17) is 0 Å². The molecule has 1 aromatic carbocycles. The van der Waals surface area contributed by atoms with Gasteiger partial charge in [-0.15, -0.1) is 0 Å². The number of aromatic nitrogens is 2. The fraction of sp³-hybridized carbons (Fsp3) is 0.231. The van der Waals surface area contributed by atoms with Crippen molar-refractivity contribution in [1.29, 1.82) is 0 Å². The monoisotopic (exact) mass is 317 g/mol. The summed E-state index contributed by atoms with van der Waals surface area (Å²) in [6.45, 7) is -3.52. The standard InChI is InChI=1S/C13H11F4N3O2/c14-11(15)7-20-6-9(5-18-20)19-12(21)8-1-3-10(4-2-8)22-13(16)17/h1-6,11,13H,7H2,(H,19,21). The second kappa shape index (κ2) is 6.92. The van der Waals surface area contributed by atoms with Gasteiger partial charge in [-0.25, -0.2) is 8.78 Å². The first-order chi connectivity index (χ1) is 10.4. The molecule has 0 fully saturated rings. The average Bonchev–Trinajstić information content (AvgIpc) is 2.85. The number of carbonyl (C=O) groups excluding carboxylic acids is 1. The third-order valence-electron chi connectivity index (χ3n) is 2.56. The van der Waals surface area contributed by atoms with Gasteiger partial charge in [0.25, 0.3) is 12.3 Å². The van der Waals surface area contributed by atoms with Crippen LogP contribution in [0.25, 0.3) is 0 Å². The number of alkyl halides is 4. The molecule has 9 heteroatoms. The van der Waals surface area contributed by atoms with E-state index in [-0.39, 0.29) is 17.0 Å². The van der Waals surface area contributed by atoms with E-state index in [2.05, 4.69) is 15.2 Å². The topological polar surface area (TPSA) is 56.2 Å². The van der Waals surface area contributed by atoms with Crippen LogP contribution in [-0.2, 0) is 6.54 Å². The summed E-state index contributed by atoms with van der Waals surface area (Å²) >= 11 is 0. The van der Waals surface area contributed by atoms with E-state index in [1.807, 2.05) is 0 Å².